The number of aromatic amines is 1. The Balaban J connectivity index is 0.00000342. The summed E-state index contributed by atoms with van der Waals surface area (Å²) in [7, 11) is -2.86. The van der Waals surface area contributed by atoms with Crippen molar-refractivity contribution in [3.05, 3.63) is 79.5 Å². The maximum absolute atomic E-state index is 14.2. The number of amides is 2. The van der Waals surface area contributed by atoms with Gasteiger partial charge in [-0.15, -0.1) is 11.3 Å². The largest absolute Gasteiger partial charge is 0.386 e. The zero-order chi connectivity index (χ0) is 24.8. The molecule has 0 fully saturated rings. The summed E-state index contributed by atoms with van der Waals surface area (Å²) in [5, 5.41) is 2.55. The zero-order valence-corrected chi connectivity index (χ0v) is 22.6. The molecule has 1 radical (unpaired) electrons. The van der Waals surface area contributed by atoms with Crippen molar-refractivity contribution in [1.82, 2.24) is 9.55 Å². The summed E-state index contributed by atoms with van der Waals surface area (Å²) in [6.07, 6.45) is 0. The normalized spacial score (nSPS) is 11.2. The van der Waals surface area contributed by atoms with E-state index in [1.165, 1.54) is 49.5 Å². The molecule has 10 nitrogen and oxygen atoms in total. The van der Waals surface area contributed by atoms with E-state index in [4.69, 9.17) is 17.3 Å². The minimum absolute atomic E-state index is 0. The Labute approximate surface area is 228 Å². The average Bonchev–Trinajstić information content (AvgIpc) is 3.22. The number of anilines is 2. The molecule has 35 heavy (non-hydrogen) atoms. The summed E-state index contributed by atoms with van der Waals surface area (Å²) in [6, 6.07) is 8.54. The summed E-state index contributed by atoms with van der Waals surface area (Å²) in [6.45, 7) is 0. The van der Waals surface area contributed by atoms with Crippen molar-refractivity contribution >= 4 is 90.8 Å². The smallest absolute Gasteiger partial charge is 0.333 e. The maximum atomic E-state index is 14.2. The maximum Gasteiger partial charge on any atom is 0.333 e. The van der Waals surface area contributed by atoms with E-state index in [1.807, 2.05) is 0 Å². The zero-order valence-electron chi connectivity index (χ0n) is 18.2. The van der Waals surface area contributed by atoms with E-state index in [0.717, 1.165) is 22.0 Å². The van der Waals surface area contributed by atoms with Gasteiger partial charge in [0.1, 0.15) is 10.0 Å². The summed E-state index contributed by atoms with van der Waals surface area (Å²) < 4.78 is 41.1. The van der Waals surface area contributed by atoms with Gasteiger partial charge in [0.2, 0.25) is 0 Å². The van der Waals surface area contributed by atoms with Crippen LogP contribution < -0.4 is 26.6 Å². The van der Waals surface area contributed by atoms with Gasteiger partial charge in [0.25, 0.3) is 15.6 Å². The number of primary amides is 1. The number of sulfonamides is 1. The number of carbonyl (C=O) groups excluding carboxylic acids is 1. The van der Waals surface area contributed by atoms with Crippen LogP contribution in [0.25, 0.3) is 16.6 Å². The summed E-state index contributed by atoms with van der Waals surface area (Å²) >= 11 is 6.56. The van der Waals surface area contributed by atoms with E-state index in [-0.39, 0.29) is 66.1 Å². The number of halogens is 2. The molecule has 0 saturated heterocycles. The van der Waals surface area contributed by atoms with Crippen LogP contribution in [-0.2, 0) is 10.0 Å². The van der Waals surface area contributed by atoms with Gasteiger partial charge in [-0.3, -0.25) is 4.79 Å². The summed E-state index contributed by atoms with van der Waals surface area (Å²) in [4.78, 5) is 40.1. The van der Waals surface area contributed by atoms with Gasteiger partial charge >= 0.3 is 11.7 Å². The molecule has 4 rings (SSSR count). The Morgan fingerprint density at radius 2 is 1.83 bits per heavy atom. The second-order valence-electron chi connectivity index (χ2n) is 6.88. The van der Waals surface area contributed by atoms with Gasteiger partial charge in [0, 0.05) is 36.6 Å². The number of thiophene rings is 1. The Morgan fingerprint density at radius 3 is 2.37 bits per heavy atom. The molecular formula is C20H15ClFN5NaO5S2. The first-order chi connectivity index (χ1) is 16.0. The molecule has 177 valence electrons. The average molecular weight is 547 g/mol. The summed E-state index contributed by atoms with van der Waals surface area (Å²) in [5.41, 5.74) is 3.89. The predicted octanol–water partition coefficient (Wildman–Crippen LogP) is 2.47. The molecule has 4 aromatic rings. The number of rotatable bonds is 5. The van der Waals surface area contributed by atoms with Gasteiger partial charge in [-0.25, -0.2) is 18.5 Å². The molecule has 0 bridgehead atoms. The van der Waals surface area contributed by atoms with E-state index in [0.29, 0.717) is 4.31 Å². The molecule has 0 atom stereocenters. The molecule has 2 heterocycles. The first-order valence-electron chi connectivity index (χ1n) is 9.41. The van der Waals surface area contributed by atoms with E-state index < -0.39 is 33.1 Å². The topological polar surface area (TPSA) is 147 Å². The van der Waals surface area contributed by atoms with Crippen molar-refractivity contribution in [2.75, 3.05) is 16.7 Å². The Morgan fingerprint density at radius 1 is 1.17 bits per heavy atom. The van der Waals surface area contributed by atoms with Crippen molar-refractivity contribution in [3.8, 4) is 5.69 Å². The number of benzene rings is 2. The molecule has 0 aliphatic rings. The second-order valence-corrected chi connectivity index (χ2v) is 10.6. The minimum Gasteiger partial charge on any atom is -0.386 e. The Bertz CT molecular complexity index is 1670. The van der Waals surface area contributed by atoms with Crippen molar-refractivity contribution in [2.45, 2.75) is 4.21 Å². The molecule has 0 aliphatic heterocycles. The summed E-state index contributed by atoms with van der Waals surface area (Å²) in [5.74, 6) is -0.683. The third-order valence-electron chi connectivity index (χ3n) is 4.84. The standard InChI is InChI=1S/C20H15ClFN5O5S2.Na/c1-24-15-9-14-12(8-13(15)22)18(28)26(20(30)25-14)10-2-4-11(5-3-10)27(19(23)29)34(31,32)17-7-6-16(21)33-17;/h2-9,24H,1H3,(H2,23,29)(H,25,30);. The van der Waals surface area contributed by atoms with E-state index in [9.17, 15) is 27.2 Å². The van der Waals surface area contributed by atoms with Crippen LogP contribution in [0.1, 0.15) is 0 Å². The van der Waals surface area contributed by atoms with Crippen molar-refractivity contribution in [2.24, 2.45) is 5.73 Å². The number of H-pyrrole nitrogens is 1. The molecule has 0 spiro atoms. The Hall–Kier alpha value is -2.68. The molecule has 4 N–H and O–H groups in total. The van der Waals surface area contributed by atoms with Gasteiger partial charge in [-0.2, -0.15) is 12.7 Å². The fraction of sp³-hybridized carbons (Fsp3) is 0.0500. The molecule has 2 amide bonds. The van der Waals surface area contributed by atoms with Gasteiger partial charge in [-0.05, 0) is 48.5 Å². The molecule has 0 saturated carbocycles. The van der Waals surface area contributed by atoms with Gasteiger partial charge in [0.05, 0.1) is 32.3 Å². The van der Waals surface area contributed by atoms with Crippen LogP contribution in [0.2, 0.25) is 4.34 Å². The van der Waals surface area contributed by atoms with Crippen LogP contribution in [0.4, 0.5) is 20.6 Å². The van der Waals surface area contributed by atoms with Crippen LogP contribution in [0.15, 0.2) is 62.3 Å². The number of urea groups is 1. The van der Waals surface area contributed by atoms with Crippen LogP contribution in [-0.4, -0.2) is 60.6 Å². The van der Waals surface area contributed by atoms with Crippen molar-refractivity contribution < 1.29 is 17.6 Å². The molecule has 0 aliphatic carbocycles. The van der Waals surface area contributed by atoms with Gasteiger partial charge in [0.15, 0.2) is 0 Å². The molecular weight excluding hydrogens is 532 g/mol. The van der Waals surface area contributed by atoms with E-state index in [1.54, 1.807) is 0 Å². The van der Waals surface area contributed by atoms with Crippen LogP contribution in [0.5, 0.6) is 0 Å². The van der Waals surface area contributed by atoms with Crippen molar-refractivity contribution in [3.63, 3.8) is 0 Å². The van der Waals surface area contributed by atoms with Gasteiger partial charge in [-0.1, -0.05) is 11.6 Å². The van der Waals surface area contributed by atoms with Crippen LogP contribution >= 0.6 is 22.9 Å². The molecule has 2 aromatic carbocycles. The number of nitrogens with zero attached hydrogens (tertiary/aromatic N) is 2. The van der Waals surface area contributed by atoms with E-state index in [2.05, 4.69) is 10.3 Å². The number of aromatic nitrogens is 2. The number of hydrogen-bond donors (Lipinski definition) is 3. The van der Waals surface area contributed by atoms with Crippen molar-refractivity contribution in [1.29, 1.82) is 0 Å². The number of hydrogen-bond acceptors (Lipinski definition) is 7. The van der Waals surface area contributed by atoms with Gasteiger partial charge < -0.3 is 16.0 Å². The fourth-order valence-corrected chi connectivity index (χ4v) is 6.20. The fourth-order valence-electron chi connectivity index (χ4n) is 3.31. The predicted molar refractivity (Wildman–Crippen MR) is 134 cm³/mol. The first kappa shape index (κ1) is 26.9. The number of nitrogens with one attached hydrogen (secondary N) is 2. The van der Waals surface area contributed by atoms with E-state index >= 15 is 0 Å². The monoisotopic (exact) mass is 546 g/mol. The molecule has 2 aromatic heterocycles. The van der Waals surface area contributed by atoms with Crippen LogP contribution in [0.3, 0.4) is 0 Å². The van der Waals surface area contributed by atoms with Crippen LogP contribution in [0, 0.1) is 5.82 Å². The number of fused-ring (bicyclic) bond motifs is 1. The number of nitrogens with two attached hydrogens (primary N) is 1. The number of carbonyl (C=O) groups is 1. The quantitative estimate of drug-likeness (QED) is 0.328. The first-order valence-corrected chi connectivity index (χ1v) is 12.0. The SMILES string of the molecule is CNc1cc2[nH]c(=O)n(-c3ccc(N(C(N)=O)S(=O)(=O)c4ccc(Cl)s4)cc3)c(=O)c2cc1F.[Na]. The minimum atomic E-state index is -4.36. The Kier molecular flexibility index (Phi) is 7.79. The third kappa shape index (κ3) is 4.87. The second kappa shape index (κ2) is 10.1. The molecule has 0 unspecified atom stereocenters. The molecule has 15 heteroatoms. The third-order valence-corrected chi connectivity index (χ3v) is 8.26.